The number of pyridine rings is 1. The van der Waals surface area contributed by atoms with Gasteiger partial charge in [0.15, 0.2) is 0 Å². The molecule has 1 aliphatic rings. The van der Waals surface area contributed by atoms with E-state index in [1.165, 1.54) is 0 Å². The largest absolute Gasteiger partial charge is 0.459 e. The van der Waals surface area contributed by atoms with Gasteiger partial charge in [-0.1, -0.05) is 0 Å². The predicted octanol–water partition coefficient (Wildman–Crippen LogP) is 2.68. The standard InChI is InChI=1S/C17H22N4O2/c1-13(2)23-17(22)15-4-3-7-19-16(15)20-9-5-14(6-10-20)21-11-8-18-12-21/h3-4,7-8,11-14H,5-6,9-10H2,1-2H3. The van der Waals surface area contributed by atoms with Gasteiger partial charge in [0, 0.05) is 37.7 Å². The van der Waals surface area contributed by atoms with Gasteiger partial charge in [-0.3, -0.25) is 0 Å². The van der Waals surface area contributed by atoms with E-state index in [2.05, 4.69) is 19.4 Å². The van der Waals surface area contributed by atoms with E-state index >= 15 is 0 Å². The van der Waals surface area contributed by atoms with E-state index in [0.29, 0.717) is 11.6 Å². The van der Waals surface area contributed by atoms with Crippen molar-refractivity contribution in [2.24, 2.45) is 0 Å². The summed E-state index contributed by atoms with van der Waals surface area (Å²) in [5.74, 6) is 0.419. The normalized spacial score (nSPS) is 15.9. The van der Waals surface area contributed by atoms with Crippen LogP contribution < -0.4 is 4.90 Å². The molecule has 1 saturated heterocycles. The van der Waals surface area contributed by atoms with Crippen LogP contribution in [0.1, 0.15) is 43.1 Å². The maximum atomic E-state index is 12.3. The monoisotopic (exact) mass is 314 g/mol. The van der Waals surface area contributed by atoms with Gasteiger partial charge in [0.05, 0.1) is 12.4 Å². The summed E-state index contributed by atoms with van der Waals surface area (Å²) in [6.45, 7) is 5.43. The highest BCUT2D eigenvalue weighted by Crippen LogP contribution is 2.27. The Balaban J connectivity index is 1.72. The highest BCUT2D eigenvalue weighted by molar-refractivity contribution is 5.94. The van der Waals surface area contributed by atoms with Crippen molar-refractivity contribution in [3.8, 4) is 0 Å². The Kier molecular flexibility index (Phi) is 4.60. The summed E-state index contributed by atoms with van der Waals surface area (Å²) in [6.07, 6.45) is 9.28. The minimum atomic E-state index is -0.306. The van der Waals surface area contributed by atoms with Crippen LogP contribution in [-0.2, 0) is 4.74 Å². The van der Waals surface area contributed by atoms with Crippen LogP contribution in [0.15, 0.2) is 37.1 Å². The first-order chi connectivity index (χ1) is 11.1. The number of carbonyl (C=O) groups excluding carboxylic acids is 1. The Labute approximate surface area is 136 Å². The van der Waals surface area contributed by atoms with E-state index in [9.17, 15) is 4.79 Å². The fraction of sp³-hybridized carbons (Fsp3) is 0.471. The van der Waals surface area contributed by atoms with Crippen LogP contribution >= 0.6 is 0 Å². The Morgan fingerprint density at radius 2 is 2.09 bits per heavy atom. The number of anilines is 1. The molecule has 0 aromatic carbocycles. The molecule has 3 heterocycles. The molecule has 0 amide bonds. The molecular formula is C17H22N4O2. The summed E-state index contributed by atoms with van der Waals surface area (Å²) in [5, 5.41) is 0. The molecule has 0 saturated carbocycles. The molecule has 0 unspecified atom stereocenters. The second kappa shape index (κ2) is 6.81. The molecule has 6 heteroatoms. The second-order valence-corrected chi connectivity index (χ2v) is 6.06. The molecule has 1 aliphatic heterocycles. The molecule has 2 aromatic rings. The first-order valence-corrected chi connectivity index (χ1v) is 8.03. The van der Waals surface area contributed by atoms with Gasteiger partial charge >= 0.3 is 5.97 Å². The molecule has 6 nitrogen and oxygen atoms in total. The third-order valence-corrected chi connectivity index (χ3v) is 4.06. The number of hydrogen-bond donors (Lipinski definition) is 0. The van der Waals surface area contributed by atoms with Crippen molar-refractivity contribution in [1.29, 1.82) is 0 Å². The van der Waals surface area contributed by atoms with Gasteiger partial charge in [-0.05, 0) is 38.8 Å². The molecule has 2 aromatic heterocycles. The average Bonchev–Trinajstić information content (AvgIpc) is 3.09. The zero-order chi connectivity index (χ0) is 16.2. The summed E-state index contributed by atoms with van der Waals surface area (Å²) in [5.41, 5.74) is 0.544. The number of ether oxygens (including phenoxy) is 1. The van der Waals surface area contributed by atoms with Crippen molar-refractivity contribution in [1.82, 2.24) is 14.5 Å². The molecule has 122 valence electrons. The van der Waals surface area contributed by atoms with Gasteiger partial charge in [-0.15, -0.1) is 0 Å². The quantitative estimate of drug-likeness (QED) is 0.812. The Bertz CT molecular complexity index is 646. The Morgan fingerprint density at radius 1 is 1.30 bits per heavy atom. The van der Waals surface area contributed by atoms with E-state index in [1.54, 1.807) is 18.3 Å². The van der Waals surface area contributed by atoms with E-state index < -0.39 is 0 Å². The molecule has 0 radical (unpaired) electrons. The summed E-state index contributed by atoms with van der Waals surface area (Å²) in [7, 11) is 0. The van der Waals surface area contributed by atoms with Gasteiger partial charge in [-0.2, -0.15) is 0 Å². The van der Waals surface area contributed by atoms with Crippen LogP contribution in [0.4, 0.5) is 5.82 Å². The number of esters is 1. The van der Waals surface area contributed by atoms with E-state index in [4.69, 9.17) is 4.74 Å². The summed E-state index contributed by atoms with van der Waals surface area (Å²) in [4.78, 5) is 23.0. The highest BCUT2D eigenvalue weighted by atomic mass is 16.5. The average molecular weight is 314 g/mol. The van der Waals surface area contributed by atoms with Crippen molar-refractivity contribution in [3.63, 3.8) is 0 Å². The molecular weight excluding hydrogens is 292 g/mol. The molecule has 0 atom stereocenters. The van der Waals surface area contributed by atoms with Crippen LogP contribution in [0, 0.1) is 0 Å². The predicted molar refractivity (Wildman–Crippen MR) is 87.5 cm³/mol. The summed E-state index contributed by atoms with van der Waals surface area (Å²) in [6, 6.07) is 4.02. The minimum Gasteiger partial charge on any atom is -0.459 e. The van der Waals surface area contributed by atoms with Crippen molar-refractivity contribution in [2.75, 3.05) is 18.0 Å². The molecule has 0 bridgehead atoms. The summed E-state index contributed by atoms with van der Waals surface area (Å²) >= 11 is 0. The maximum absolute atomic E-state index is 12.3. The minimum absolute atomic E-state index is 0.137. The third kappa shape index (κ3) is 3.52. The van der Waals surface area contributed by atoms with Crippen molar-refractivity contribution in [3.05, 3.63) is 42.6 Å². The molecule has 1 fully saturated rings. The first kappa shape index (κ1) is 15.5. The number of rotatable bonds is 4. The molecule has 23 heavy (non-hydrogen) atoms. The zero-order valence-corrected chi connectivity index (χ0v) is 13.6. The molecule has 0 spiro atoms. The van der Waals surface area contributed by atoms with Crippen LogP contribution in [0.5, 0.6) is 0 Å². The van der Waals surface area contributed by atoms with Gasteiger partial charge in [0.1, 0.15) is 11.4 Å². The van der Waals surface area contributed by atoms with Crippen LogP contribution in [0.25, 0.3) is 0 Å². The second-order valence-electron chi connectivity index (χ2n) is 6.06. The Hall–Kier alpha value is -2.37. The Morgan fingerprint density at radius 3 is 2.74 bits per heavy atom. The first-order valence-electron chi connectivity index (χ1n) is 8.03. The highest BCUT2D eigenvalue weighted by Gasteiger charge is 2.25. The van der Waals surface area contributed by atoms with Gasteiger partial charge in [-0.25, -0.2) is 14.8 Å². The fourth-order valence-electron chi connectivity index (χ4n) is 2.95. The molecule has 0 N–H and O–H groups in total. The van der Waals surface area contributed by atoms with E-state index in [0.717, 1.165) is 31.7 Å². The number of piperidine rings is 1. The van der Waals surface area contributed by atoms with Crippen LogP contribution in [0.3, 0.4) is 0 Å². The SMILES string of the molecule is CC(C)OC(=O)c1cccnc1N1CCC(n2ccnc2)CC1. The van der Waals surface area contributed by atoms with Gasteiger partial charge in [0.2, 0.25) is 0 Å². The topological polar surface area (TPSA) is 60.2 Å². The van der Waals surface area contributed by atoms with Crippen molar-refractivity contribution in [2.45, 2.75) is 38.8 Å². The summed E-state index contributed by atoms with van der Waals surface area (Å²) < 4.78 is 7.49. The molecule has 0 aliphatic carbocycles. The fourth-order valence-corrected chi connectivity index (χ4v) is 2.95. The van der Waals surface area contributed by atoms with E-state index in [-0.39, 0.29) is 12.1 Å². The molecule has 3 rings (SSSR count). The van der Waals surface area contributed by atoms with E-state index in [1.807, 2.05) is 32.6 Å². The third-order valence-electron chi connectivity index (χ3n) is 4.06. The maximum Gasteiger partial charge on any atom is 0.342 e. The van der Waals surface area contributed by atoms with Crippen LogP contribution in [0.2, 0.25) is 0 Å². The number of imidazole rings is 1. The lowest BCUT2D eigenvalue weighted by molar-refractivity contribution is 0.0378. The lowest BCUT2D eigenvalue weighted by Crippen LogP contribution is -2.36. The van der Waals surface area contributed by atoms with Gasteiger partial charge < -0.3 is 14.2 Å². The smallest absolute Gasteiger partial charge is 0.342 e. The van der Waals surface area contributed by atoms with Crippen LogP contribution in [-0.4, -0.2) is 39.7 Å². The number of hydrogen-bond acceptors (Lipinski definition) is 5. The number of aromatic nitrogens is 3. The number of nitrogens with zero attached hydrogens (tertiary/aromatic N) is 4. The van der Waals surface area contributed by atoms with Gasteiger partial charge in [0.25, 0.3) is 0 Å². The van der Waals surface area contributed by atoms with Crippen molar-refractivity contribution >= 4 is 11.8 Å². The lowest BCUT2D eigenvalue weighted by Gasteiger charge is -2.34. The zero-order valence-electron chi connectivity index (χ0n) is 13.6. The number of carbonyl (C=O) groups is 1. The van der Waals surface area contributed by atoms with Crippen molar-refractivity contribution < 1.29 is 9.53 Å². The lowest BCUT2D eigenvalue weighted by atomic mass is 10.0.